The summed E-state index contributed by atoms with van der Waals surface area (Å²) in [5, 5.41) is 2.47. The fourth-order valence-corrected chi connectivity index (χ4v) is 1.10. The zero-order valence-electron chi connectivity index (χ0n) is 8.98. The van der Waals surface area contributed by atoms with Crippen LogP contribution in [0.4, 0.5) is 13.2 Å². The van der Waals surface area contributed by atoms with Crippen LogP contribution in [0, 0.1) is 17.5 Å². The third-order valence-electron chi connectivity index (χ3n) is 2.27. The first kappa shape index (κ1) is 12.5. The van der Waals surface area contributed by atoms with Crippen LogP contribution in [-0.4, -0.2) is 11.9 Å². The predicted octanol–water partition coefficient (Wildman–Crippen LogP) is 2.63. The Morgan fingerprint density at radius 3 is 2.50 bits per heavy atom. The smallest absolute Gasteiger partial charge is 0.254 e. The summed E-state index contributed by atoms with van der Waals surface area (Å²) >= 11 is 0. The number of amides is 1. The van der Waals surface area contributed by atoms with E-state index in [1.165, 1.54) is 0 Å². The van der Waals surface area contributed by atoms with Crippen LogP contribution in [0.1, 0.15) is 30.6 Å². The Morgan fingerprint density at radius 1 is 1.31 bits per heavy atom. The number of nitrogens with one attached hydrogen (secondary N) is 1. The molecule has 1 N–H and O–H groups in total. The molecule has 0 aromatic heterocycles. The second-order valence-electron chi connectivity index (χ2n) is 3.51. The van der Waals surface area contributed by atoms with Gasteiger partial charge in [0.15, 0.2) is 17.5 Å². The number of benzene rings is 1. The molecule has 1 amide bonds. The molecule has 88 valence electrons. The highest BCUT2D eigenvalue weighted by atomic mass is 19.2. The lowest BCUT2D eigenvalue weighted by molar-refractivity contribution is 0.0934. The fraction of sp³-hybridized carbons (Fsp3) is 0.364. The minimum Gasteiger partial charge on any atom is -0.350 e. The van der Waals surface area contributed by atoms with Gasteiger partial charge in [-0.3, -0.25) is 4.79 Å². The van der Waals surface area contributed by atoms with E-state index in [0.717, 1.165) is 12.1 Å². The van der Waals surface area contributed by atoms with E-state index in [0.29, 0.717) is 6.42 Å². The van der Waals surface area contributed by atoms with Gasteiger partial charge in [0.1, 0.15) is 0 Å². The molecule has 5 heteroatoms. The van der Waals surface area contributed by atoms with Crippen LogP contribution in [0.15, 0.2) is 12.1 Å². The molecule has 0 aliphatic heterocycles. The van der Waals surface area contributed by atoms with Crippen molar-refractivity contribution in [3.8, 4) is 0 Å². The van der Waals surface area contributed by atoms with Gasteiger partial charge in [-0.25, -0.2) is 13.2 Å². The minimum atomic E-state index is -1.63. The van der Waals surface area contributed by atoms with Crippen LogP contribution in [-0.2, 0) is 0 Å². The zero-order chi connectivity index (χ0) is 12.3. The summed E-state index contributed by atoms with van der Waals surface area (Å²) in [6.07, 6.45) is 0.664. The average molecular weight is 231 g/mol. The van der Waals surface area contributed by atoms with Crippen LogP contribution in [0.3, 0.4) is 0 Å². The van der Waals surface area contributed by atoms with Gasteiger partial charge in [0.2, 0.25) is 0 Å². The molecule has 1 atom stereocenters. The summed E-state index contributed by atoms with van der Waals surface area (Å²) in [5.41, 5.74) is -0.487. The number of hydrogen-bond acceptors (Lipinski definition) is 1. The molecule has 1 rings (SSSR count). The molecule has 1 unspecified atom stereocenters. The number of hydrogen-bond donors (Lipinski definition) is 1. The SMILES string of the molecule is CCC(C)NC(=O)c1ccc(F)c(F)c1F. The summed E-state index contributed by atoms with van der Waals surface area (Å²) in [4.78, 5) is 11.5. The summed E-state index contributed by atoms with van der Waals surface area (Å²) in [6, 6.07) is 1.50. The fourth-order valence-electron chi connectivity index (χ4n) is 1.10. The molecule has 1 aromatic carbocycles. The standard InChI is InChI=1S/C11H12F3NO/c1-3-6(2)15-11(16)7-4-5-8(12)10(14)9(7)13/h4-6H,3H2,1-2H3,(H,15,16). The van der Waals surface area contributed by atoms with Gasteiger partial charge in [-0.2, -0.15) is 0 Å². The highest BCUT2D eigenvalue weighted by Gasteiger charge is 2.19. The molecule has 16 heavy (non-hydrogen) atoms. The first-order chi connectivity index (χ1) is 7.47. The largest absolute Gasteiger partial charge is 0.350 e. The highest BCUT2D eigenvalue weighted by molar-refractivity contribution is 5.94. The van der Waals surface area contributed by atoms with E-state index >= 15 is 0 Å². The monoisotopic (exact) mass is 231 g/mol. The van der Waals surface area contributed by atoms with Crippen LogP contribution < -0.4 is 5.32 Å². The Balaban J connectivity index is 2.97. The summed E-state index contributed by atoms with van der Waals surface area (Å²) < 4.78 is 38.6. The van der Waals surface area contributed by atoms with Crippen molar-refractivity contribution in [2.45, 2.75) is 26.3 Å². The quantitative estimate of drug-likeness (QED) is 0.796. The first-order valence-corrected chi connectivity index (χ1v) is 4.91. The van der Waals surface area contributed by atoms with E-state index in [4.69, 9.17) is 0 Å². The van der Waals surface area contributed by atoms with Crippen LogP contribution in [0.2, 0.25) is 0 Å². The van der Waals surface area contributed by atoms with Crippen molar-refractivity contribution in [1.82, 2.24) is 5.32 Å². The topological polar surface area (TPSA) is 29.1 Å². The average Bonchev–Trinajstić information content (AvgIpc) is 2.25. The Bertz CT molecular complexity index is 406. The van der Waals surface area contributed by atoms with Gasteiger partial charge >= 0.3 is 0 Å². The molecule has 1 aromatic rings. The molecular weight excluding hydrogens is 219 g/mol. The lowest BCUT2D eigenvalue weighted by atomic mass is 10.1. The second-order valence-corrected chi connectivity index (χ2v) is 3.51. The summed E-state index contributed by atoms with van der Waals surface area (Å²) in [7, 11) is 0. The van der Waals surface area contributed by atoms with Crippen LogP contribution in [0.5, 0.6) is 0 Å². The van der Waals surface area contributed by atoms with Crippen molar-refractivity contribution in [2.75, 3.05) is 0 Å². The maximum absolute atomic E-state index is 13.2. The van der Waals surface area contributed by atoms with Crippen molar-refractivity contribution in [2.24, 2.45) is 0 Å². The van der Waals surface area contributed by atoms with Crippen molar-refractivity contribution in [1.29, 1.82) is 0 Å². The second kappa shape index (κ2) is 5.01. The molecular formula is C11H12F3NO. The number of carbonyl (C=O) groups is 1. The van der Waals surface area contributed by atoms with E-state index in [9.17, 15) is 18.0 Å². The van der Waals surface area contributed by atoms with E-state index in [1.54, 1.807) is 6.92 Å². The molecule has 0 aliphatic rings. The molecule has 0 saturated heterocycles. The van der Waals surface area contributed by atoms with Crippen LogP contribution >= 0.6 is 0 Å². The Morgan fingerprint density at radius 2 is 1.94 bits per heavy atom. The summed E-state index contributed by atoms with van der Waals surface area (Å²) in [5.74, 6) is -5.14. The normalized spacial score (nSPS) is 12.3. The van der Waals surface area contributed by atoms with E-state index in [1.807, 2.05) is 6.92 Å². The lowest BCUT2D eigenvalue weighted by Crippen LogP contribution is -2.32. The van der Waals surface area contributed by atoms with Crippen molar-refractivity contribution >= 4 is 5.91 Å². The van der Waals surface area contributed by atoms with Gasteiger partial charge in [-0.15, -0.1) is 0 Å². The van der Waals surface area contributed by atoms with E-state index in [2.05, 4.69) is 5.32 Å². The molecule has 0 aliphatic carbocycles. The van der Waals surface area contributed by atoms with E-state index < -0.39 is 28.9 Å². The minimum absolute atomic E-state index is 0.153. The maximum atomic E-state index is 13.2. The van der Waals surface area contributed by atoms with Gasteiger partial charge < -0.3 is 5.32 Å². The van der Waals surface area contributed by atoms with Gasteiger partial charge in [-0.05, 0) is 25.5 Å². The number of carbonyl (C=O) groups excluding carboxylic acids is 1. The Kier molecular flexibility index (Phi) is 3.93. The first-order valence-electron chi connectivity index (χ1n) is 4.91. The van der Waals surface area contributed by atoms with Crippen molar-refractivity contribution in [3.63, 3.8) is 0 Å². The van der Waals surface area contributed by atoms with Gasteiger partial charge in [0.05, 0.1) is 5.56 Å². The molecule has 0 heterocycles. The Labute approximate surface area is 91.5 Å². The maximum Gasteiger partial charge on any atom is 0.254 e. The third kappa shape index (κ3) is 2.53. The van der Waals surface area contributed by atoms with Gasteiger partial charge in [0.25, 0.3) is 5.91 Å². The number of halogens is 3. The highest BCUT2D eigenvalue weighted by Crippen LogP contribution is 2.15. The molecule has 0 bridgehead atoms. The molecule has 2 nitrogen and oxygen atoms in total. The van der Waals surface area contributed by atoms with Crippen LogP contribution in [0.25, 0.3) is 0 Å². The van der Waals surface area contributed by atoms with E-state index in [-0.39, 0.29) is 6.04 Å². The molecule has 0 fully saturated rings. The van der Waals surface area contributed by atoms with Gasteiger partial charge in [-0.1, -0.05) is 6.92 Å². The molecule has 0 saturated carbocycles. The number of rotatable bonds is 3. The lowest BCUT2D eigenvalue weighted by Gasteiger charge is -2.11. The van der Waals surface area contributed by atoms with Crippen molar-refractivity contribution in [3.05, 3.63) is 35.1 Å². The van der Waals surface area contributed by atoms with Gasteiger partial charge in [0, 0.05) is 6.04 Å². The predicted molar refractivity (Wildman–Crippen MR) is 53.5 cm³/mol. The summed E-state index contributed by atoms with van der Waals surface area (Å²) in [6.45, 7) is 3.57. The molecule has 0 radical (unpaired) electrons. The zero-order valence-corrected chi connectivity index (χ0v) is 8.98. The van der Waals surface area contributed by atoms with Crippen molar-refractivity contribution < 1.29 is 18.0 Å². The third-order valence-corrected chi connectivity index (χ3v) is 2.27. The molecule has 0 spiro atoms. The Hall–Kier alpha value is -1.52.